The molecule has 0 aromatic heterocycles. The zero-order chi connectivity index (χ0) is 24.8. The summed E-state index contributed by atoms with van der Waals surface area (Å²) in [5.41, 5.74) is 0.983. The van der Waals surface area contributed by atoms with Gasteiger partial charge in [0.05, 0.1) is 11.5 Å². The average Bonchev–Trinajstić information content (AvgIpc) is 2.80. The summed E-state index contributed by atoms with van der Waals surface area (Å²) < 4.78 is 38.5. The molecule has 3 aromatic rings. The van der Waals surface area contributed by atoms with E-state index in [-0.39, 0.29) is 16.5 Å². The Balaban J connectivity index is 1.98. The molecule has 0 aliphatic rings. The van der Waals surface area contributed by atoms with Gasteiger partial charge in [-0.05, 0) is 40.9 Å². The van der Waals surface area contributed by atoms with E-state index in [9.17, 15) is 8.42 Å². The molecule has 4 nitrogen and oxygen atoms in total. The highest BCUT2D eigenvalue weighted by Gasteiger charge is 2.50. The van der Waals surface area contributed by atoms with Gasteiger partial charge < -0.3 is 4.43 Å². The number of rotatable bonds is 10. The Labute approximate surface area is 205 Å². The standard InChI is InChI=1S/C28H34O4SSi/c1-6-13-24(32-33(29,30)25-20-18-23(2)19-21-25)22-31-34(28(3,4)5,26-14-9-7-10-15-26)27-16-11-8-12-17-27/h6-12,14-21,24H,1,13,22H2,2-5H3/t24-/m1/s1. The molecule has 1 atom stereocenters. The molecule has 0 fully saturated rings. The van der Waals surface area contributed by atoms with Gasteiger partial charge in [0.25, 0.3) is 18.4 Å². The van der Waals surface area contributed by atoms with Crippen LogP contribution in [-0.4, -0.2) is 29.4 Å². The molecule has 0 saturated heterocycles. The summed E-state index contributed by atoms with van der Waals surface area (Å²) in [6, 6.07) is 27.2. The predicted molar refractivity (Wildman–Crippen MR) is 142 cm³/mol. The Bertz CT molecular complexity index is 1130. The SMILES string of the molecule is C=CC[C@H](CO[Si](c1ccccc1)(c1ccccc1)C(C)(C)C)OS(=O)(=O)c1ccc(C)cc1. The fourth-order valence-electron chi connectivity index (χ4n) is 4.24. The third-order valence-corrected chi connectivity index (χ3v) is 12.3. The van der Waals surface area contributed by atoms with Crippen LogP contribution in [0.5, 0.6) is 0 Å². The van der Waals surface area contributed by atoms with Crippen LogP contribution in [0.25, 0.3) is 0 Å². The smallest absolute Gasteiger partial charge is 0.297 e. The summed E-state index contributed by atoms with van der Waals surface area (Å²) in [4.78, 5) is 0.137. The van der Waals surface area contributed by atoms with Crippen LogP contribution >= 0.6 is 0 Å². The van der Waals surface area contributed by atoms with Crippen molar-refractivity contribution in [2.75, 3.05) is 6.61 Å². The maximum atomic E-state index is 13.0. The maximum Gasteiger partial charge on any atom is 0.297 e. The number of hydrogen-bond donors (Lipinski definition) is 0. The molecule has 0 spiro atoms. The van der Waals surface area contributed by atoms with Gasteiger partial charge in [-0.15, -0.1) is 6.58 Å². The van der Waals surface area contributed by atoms with Gasteiger partial charge in [-0.3, -0.25) is 4.18 Å². The molecule has 0 N–H and O–H groups in total. The maximum absolute atomic E-state index is 13.0. The molecule has 0 saturated carbocycles. The first kappa shape index (κ1) is 26.1. The van der Waals surface area contributed by atoms with Gasteiger partial charge in [0.15, 0.2) is 0 Å². The molecule has 180 valence electrons. The van der Waals surface area contributed by atoms with Gasteiger partial charge in [0, 0.05) is 0 Å². The van der Waals surface area contributed by atoms with Crippen molar-refractivity contribution in [3.63, 3.8) is 0 Å². The molecular formula is C28H34O4SSi. The highest BCUT2D eigenvalue weighted by Crippen LogP contribution is 2.37. The fraction of sp³-hybridized carbons (Fsp3) is 0.286. The quantitative estimate of drug-likeness (QED) is 0.220. The first-order valence-corrected chi connectivity index (χ1v) is 14.8. The Kier molecular flexibility index (Phi) is 8.31. The minimum Gasteiger partial charge on any atom is -0.405 e. The molecule has 0 heterocycles. The minimum atomic E-state index is -3.94. The van der Waals surface area contributed by atoms with Gasteiger partial charge in [0.1, 0.15) is 6.10 Å². The van der Waals surface area contributed by atoms with E-state index in [1.54, 1.807) is 30.3 Å². The van der Waals surface area contributed by atoms with Crippen LogP contribution in [0, 0.1) is 6.92 Å². The third-order valence-electron chi connectivity index (χ3n) is 5.90. The van der Waals surface area contributed by atoms with Crippen LogP contribution in [0.3, 0.4) is 0 Å². The molecule has 0 radical (unpaired) electrons. The molecule has 6 heteroatoms. The lowest BCUT2D eigenvalue weighted by Gasteiger charge is -2.43. The van der Waals surface area contributed by atoms with Gasteiger partial charge in [-0.2, -0.15) is 8.42 Å². The van der Waals surface area contributed by atoms with Gasteiger partial charge in [-0.1, -0.05) is 105 Å². The lowest BCUT2D eigenvalue weighted by molar-refractivity contribution is 0.130. The Morgan fingerprint density at radius 3 is 1.82 bits per heavy atom. The summed E-state index contributed by atoms with van der Waals surface area (Å²) in [6.07, 6.45) is 1.33. The number of hydrogen-bond acceptors (Lipinski definition) is 4. The van der Waals surface area contributed by atoms with E-state index in [1.807, 2.05) is 43.3 Å². The summed E-state index contributed by atoms with van der Waals surface area (Å²) in [5, 5.41) is 2.05. The monoisotopic (exact) mass is 494 g/mol. The fourth-order valence-corrected chi connectivity index (χ4v) is 9.90. The predicted octanol–water partition coefficient (Wildman–Crippen LogP) is 5.22. The van der Waals surface area contributed by atoms with Crippen molar-refractivity contribution in [3.8, 4) is 0 Å². The van der Waals surface area contributed by atoms with Crippen LogP contribution < -0.4 is 10.4 Å². The minimum absolute atomic E-state index is 0.129. The highest BCUT2D eigenvalue weighted by atomic mass is 32.2. The Morgan fingerprint density at radius 2 is 1.38 bits per heavy atom. The topological polar surface area (TPSA) is 52.6 Å². The van der Waals surface area contributed by atoms with Crippen molar-refractivity contribution in [1.29, 1.82) is 0 Å². The van der Waals surface area contributed by atoms with E-state index < -0.39 is 24.5 Å². The first-order chi connectivity index (χ1) is 16.1. The molecular weight excluding hydrogens is 460 g/mol. The van der Waals surface area contributed by atoms with Crippen LogP contribution in [0.15, 0.2) is 102 Å². The summed E-state index contributed by atoms with van der Waals surface area (Å²) >= 11 is 0. The van der Waals surface area contributed by atoms with E-state index in [0.717, 1.165) is 15.9 Å². The Hall–Kier alpha value is -2.51. The molecule has 0 bridgehead atoms. The molecule has 0 amide bonds. The van der Waals surface area contributed by atoms with E-state index in [2.05, 4.69) is 51.6 Å². The lowest BCUT2D eigenvalue weighted by atomic mass is 10.2. The van der Waals surface area contributed by atoms with Crippen LogP contribution in [-0.2, 0) is 18.7 Å². The first-order valence-electron chi connectivity index (χ1n) is 11.5. The number of aryl methyl sites for hydroxylation is 1. The highest BCUT2D eigenvalue weighted by molar-refractivity contribution is 7.86. The second kappa shape index (κ2) is 10.8. The van der Waals surface area contributed by atoms with Crippen LogP contribution in [0.4, 0.5) is 0 Å². The van der Waals surface area contributed by atoms with Gasteiger partial charge in [0.2, 0.25) is 0 Å². The molecule has 34 heavy (non-hydrogen) atoms. The van der Waals surface area contributed by atoms with Crippen molar-refractivity contribution in [2.45, 2.75) is 50.2 Å². The van der Waals surface area contributed by atoms with Crippen molar-refractivity contribution >= 4 is 28.8 Å². The summed E-state index contributed by atoms with van der Waals surface area (Å²) in [7, 11) is -6.76. The zero-order valence-electron chi connectivity index (χ0n) is 20.4. The van der Waals surface area contributed by atoms with Crippen molar-refractivity contribution in [2.24, 2.45) is 0 Å². The largest absolute Gasteiger partial charge is 0.405 e. The second-order valence-corrected chi connectivity index (χ2v) is 15.4. The molecule has 3 rings (SSSR count). The van der Waals surface area contributed by atoms with Crippen molar-refractivity contribution in [1.82, 2.24) is 0 Å². The third kappa shape index (κ3) is 5.75. The molecule has 0 aliphatic carbocycles. The molecule has 0 aliphatic heterocycles. The van der Waals surface area contributed by atoms with Crippen molar-refractivity contribution in [3.05, 3.63) is 103 Å². The van der Waals surface area contributed by atoms with Gasteiger partial charge in [-0.25, -0.2) is 0 Å². The lowest BCUT2D eigenvalue weighted by Crippen LogP contribution is -2.67. The zero-order valence-corrected chi connectivity index (χ0v) is 22.2. The average molecular weight is 495 g/mol. The van der Waals surface area contributed by atoms with E-state index >= 15 is 0 Å². The summed E-state index contributed by atoms with van der Waals surface area (Å²) in [6.45, 7) is 12.4. The number of benzene rings is 3. The van der Waals surface area contributed by atoms with E-state index in [0.29, 0.717) is 6.42 Å². The molecule has 3 aromatic carbocycles. The van der Waals surface area contributed by atoms with E-state index in [1.165, 1.54) is 0 Å². The van der Waals surface area contributed by atoms with Crippen LogP contribution in [0.2, 0.25) is 5.04 Å². The van der Waals surface area contributed by atoms with Crippen molar-refractivity contribution < 1.29 is 17.0 Å². The second-order valence-electron chi connectivity index (χ2n) is 9.48. The Morgan fingerprint density at radius 1 is 0.882 bits per heavy atom. The van der Waals surface area contributed by atoms with Gasteiger partial charge >= 0.3 is 0 Å². The van der Waals surface area contributed by atoms with Crippen LogP contribution in [0.1, 0.15) is 32.8 Å². The molecule has 0 unspecified atom stereocenters. The summed E-state index contributed by atoms with van der Waals surface area (Å²) in [5.74, 6) is 0. The van der Waals surface area contributed by atoms with E-state index in [4.69, 9.17) is 8.61 Å². The normalized spacial score (nSPS) is 13.4.